The van der Waals surface area contributed by atoms with Crippen molar-refractivity contribution >= 4 is 33.3 Å². The predicted molar refractivity (Wildman–Crippen MR) is 141 cm³/mol. The van der Waals surface area contributed by atoms with Gasteiger partial charge in [0.25, 0.3) is 0 Å². The molecule has 0 aliphatic heterocycles. The smallest absolute Gasteiger partial charge is 0.159 e. The van der Waals surface area contributed by atoms with E-state index >= 15 is 0 Å². The second kappa shape index (κ2) is 8.83. The topological polar surface area (TPSA) is 105 Å². The summed E-state index contributed by atoms with van der Waals surface area (Å²) in [5.74, 6) is 1.48. The van der Waals surface area contributed by atoms with Crippen molar-refractivity contribution in [2.75, 3.05) is 0 Å². The number of hydrogen-bond acceptors (Lipinski definition) is 7. The first-order valence-electron chi connectivity index (χ1n) is 12.2. The average molecular weight is 494 g/mol. The molecule has 0 atom stereocenters. The van der Waals surface area contributed by atoms with Crippen molar-refractivity contribution in [2.45, 2.75) is 38.2 Å². The van der Waals surface area contributed by atoms with Gasteiger partial charge in [0.1, 0.15) is 17.0 Å². The first kappa shape index (κ1) is 21.2. The van der Waals surface area contributed by atoms with E-state index in [1.165, 1.54) is 19.3 Å². The van der Waals surface area contributed by atoms with E-state index < -0.39 is 0 Å². The zero-order valence-electron chi connectivity index (χ0n) is 19.4. The molecular formula is C27H23N7OS. The van der Waals surface area contributed by atoms with Gasteiger partial charge in [0, 0.05) is 34.3 Å². The number of hydrogen-bond donors (Lipinski definition) is 2. The first-order chi connectivity index (χ1) is 17.8. The van der Waals surface area contributed by atoms with Gasteiger partial charge in [0.2, 0.25) is 0 Å². The number of pyridine rings is 3. The van der Waals surface area contributed by atoms with Crippen LogP contribution < -0.4 is 4.74 Å². The van der Waals surface area contributed by atoms with Gasteiger partial charge >= 0.3 is 0 Å². The third-order valence-corrected chi connectivity index (χ3v) is 7.41. The Kier molecular flexibility index (Phi) is 5.20. The number of imidazole rings is 1. The highest BCUT2D eigenvalue weighted by atomic mass is 32.1. The average Bonchev–Trinajstić information content (AvgIpc) is 3.68. The molecule has 1 aliphatic carbocycles. The first-order valence-corrected chi connectivity index (χ1v) is 13.1. The van der Waals surface area contributed by atoms with E-state index in [0.717, 1.165) is 68.7 Å². The number of H-pyrrole nitrogens is 2. The largest absolute Gasteiger partial charge is 0.489 e. The number of aromatic nitrogens is 7. The van der Waals surface area contributed by atoms with Crippen molar-refractivity contribution in [3.8, 4) is 39.8 Å². The van der Waals surface area contributed by atoms with Crippen LogP contribution in [-0.2, 0) is 0 Å². The Balaban J connectivity index is 1.26. The summed E-state index contributed by atoms with van der Waals surface area (Å²) in [5.41, 5.74) is 6.96. The van der Waals surface area contributed by atoms with E-state index in [1.807, 2.05) is 29.8 Å². The summed E-state index contributed by atoms with van der Waals surface area (Å²) in [4.78, 5) is 22.0. The van der Waals surface area contributed by atoms with Gasteiger partial charge in [-0.25, -0.2) is 4.98 Å². The molecule has 0 spiro atoms. The number of aromatic amines is 2. The summed E-state index contributed by atoms with van der Waals surface area (Å²) >= 11 is 1.64. The highest BCUT2D eigenvalue weighted by molar-refractivity contribution is 7.08. The summed E-state index contributed by atoms with van der Waals surface area (Å²) in [6.07, 6.45) is 13.4. The van der Waals surface area contributed by atoms with Crippen LogP contribution in [0.4, 0.5) is 0 Å². The van der Waals surface area contributed by atoms with Gasteiger partial charge in [-0.2, -0.15) is 16.4 Å². The number of rotatable bonds is 5. The SMILES string of the molecule is c1cc2[nH]c(-c3n[nH]c4cnc(-c5cncc(OC6CCCCC6)c5)cc34)nc2c(-c2ccsc2)n1. The summed E-state index contributed by atoms with van der Waals surface area (Å²) in [7, 11) is 0. The highest BCUT2D eigenvalue weighted by Crippen LogP contribution is 2.33. The fraction of sp³-hybridized carbons (Fsp3) is 0.222. The quantitative estimate of drug-likeness (QED) is 0.288. The molecule has 36 heavy (non-hydrogen) atoms. The summed E-state index contributed by atoms with van der Waals surface area (Å²) in [6.45, 7) is 0. The van der Waals surface area contributed by atoms with Crippen LogP contribution in [0.3, 0.4) is 0 Å². The van der Waals surface area contributed by atoms with Gasteiger partial charge in [-0.1, -0.05) is 6.42 Å². The summed E-state index contributed by atoms with van der Waals surface area (Å²) < 4.78 is 6.23. The molecule has 7 rings (SSSR count). The van der Waals surface area contributed by atoms with Crippen molar-refractivity contribution in [2.24, 2.45) is 0 Å². The molecule has 2 N–H and O–H groups in total. The van der Waals surface area contributed by atoms with E-state index in [-0.39, 0.29) is 6.10 Å². The molecule has 1 saturated carbocycles. The van der Waals surface area contributed by atoms with E-state index in [9.17, 15) is 0 Å². The number of ether oxygens (including phenoxy) is 1. The van der Waals surface area contributed by atoms with Crippen molar-refractivity contribution in [1.29, 1.82) is 0 Å². The number of fused-ring (bicyclic) bond motifs is 2. The monoisotopic (exact) mass is 493 g/mol. The van der Waals surface area contributed by atoms with E-state index in [2.05, 4.69) is 41.6 Å². The molecule has 9 heteroatoms. The molecule has 178 valence electrons. The van der Waals surface area contributed by atoms with E-state index in [0.29, 0.717) is 5.82 Å². The molecular weight excluding hydrogens is 470 g/mol. The molecule has 0 aromatic carbocycles. The third-order valence-electron chi connectivity index (χ3n) is 6.73. The molecule has 6 heterocycles. The van der Waals surface area contributed by atoms with Gasteiger partial charge < -0.3 is 9.72 Å². The number of thiophene rings is 1. The van der Waals surface area contributed by atoms with E-state index in [4.69, 9.17) is 9.72 Å². The molecule has 0 radical (unpaired) electrons. The number of nitrogens with zero attached hydrogens (tertiary/aromatic N) is 5. The van der Waals surface area contributed by atoms with Crippen molar-refractivity contribution in [3.63, 3.8) is 0 Å². The Labute approximate surface area is 210 Å². The van der Waals surface area contributed by atoms with Crippen molar-refractivity contribution < 1.29 is 4.74 Å². The van der Waals surface area contributed by atoms with Gasteiger partial charge in [0.15, 0.2) is 5.82 Å². The van der Waals surface area contributed by atoms with Crippen LogP contribution in [0.25, 0.3) is 56.0 Å². The van der Waals surface area contributed by atoms with Crippen molar-refractivity contribution in [3.05, 3.63) is 59.8 Å². The normalized spacial score (nSPS) is 14.6. The molecule has 6 aromatic heterocycles. The standard InChI is InChI=1S/C27H23N7OS/c1-2-4-18(5-3-1)35-19-10-17(12-28-13-19)22-11-20-23(14-30-22)33-34-25(20)27-31-21-6-8-29-24(26(21)32-27)16-7-9-36-15-16/h6-15,18H,1-5H2,(H,31,32)(H,33,34). The van der Waals surface area contributed by atoms with Crippen LogP contribution in [0.15, 0.2) is 59.8 Å². The molecule has 6 aromatic rings. The van der Waals surface area contributed by atoms with Gasteiger partial charge in [-0.3, -0.25) is 20.1 Å². The maximum atomic E-state index is 6.23. The molecule has 1 fully saturated rings. The van der Waals surface area contributed by atoms with Gasteiger partial charge in [0.05, 0.1) is 40.9 Å². The molecule has 0 amide bonds. The Morgan fingerprint density at radius 3 is 2.75 bits per heavy atom. The minimum atomic E-state index is 0.272. The lowest BCUT2D eigenvalue weighted by Crippen LogP contribution is -2.19. The molecule has 0 bridgehead atoms. The Morgan fingerprint density at radius 1 is 0.917 bits per heavy atom. The zero-order valence-corrected chi connectivity index (χ0v) is 20.3. The fourth-order valence-corrected chi connectivity index (χ4v) is 5.55. The second-order valence-electron chi connectivity index (χ2n) is 9.13. The Bertz CT molecular complexity index is 1660. The zero-order chi connectivity index (χ0) is 23.9. The van der Waals surface area contributed by atoms with Crippen LogP contribution in [-0.4, -0.2) is 41.2 Å². The van der Waals surface area contributed by atoms with Gasteiger partial charge in [-0.05, 0) is 55.3 Å². The molecule has 0 saturated heterocycles. The van der Waals surface area contributed by atoms with Crippen LogP contribution in [0, 0.1) is 0 Å². The van der Waals surface area contributed by atoms with E-state index in [1.54, 1.807) is 29.9 Å². The van der Waals surface area contributed by atoms with Crippen LogP contribution in [0.5, 0.6) is 5.75 Å². The maximum Gasteiger partial charge on any atom is 0.159 e. The second-order valence-corrected chi connectivity index (χ2v) is 9.91. The molecule has 8 nitrogen and oxygen atoms in total. The summed E-state index contributed by atoms with van der Waals surface area (Å²) in [5, 5.41) is 12.7. The fourth-order valence-electron chi connectivity index (χ4n) is 4.91. The Morgan fingerprint density at radius 2 is 1.86 bits per heavy atom. The summed E-state index contributed by atoms with van der Waals surface area (Å²) in [6, 6.07) is 8.05. The van der Waals surface area contributed by atoms with Crippen LogP contribution in [0.2, 0.25) is 0 Å². The predicted octanol–water partition coefficient (Wildman–Crippen LogP) is 6.40. The Hall–Kier alpha value is -4.11. The van der Waals surface area contributed by atoms with Crippen LogP contribution >= 0.6 is 11.3 Å². The maximum absolute atomic E-state index is 6.23. The molecule has 0 unspecified atom stereocenters. The minimum absolute atomic E-state index is 0.272. The lowest BCUT2D eigenvalue weighted by molar-refractivity contribution is 0.154. The minimum Gasteiger partial charge on any atom is -0.489 e. The lowest BCUT2D eigenvalue weighted by atomic mass is 9.98. The highest BCUT2D eigenvalue weighted by Gasteiger charge is 2.18. The van der Waals surface area contributed by atoms with Gasteiger partial charge in [-0.15, -0.1) is 0 Å². The lowest BCUT2D eigenvalue weighted by Gasteiger charge is -2.22. The third kappa shape index (κ3) is 3.81. The molecule has 1 aliphatic rings. The van der Waals surface area contributed by atoms with Crippen LogP contribution in [0.1, 0.15) is 32.1 Å². The number of nitrogens with one attached hydrogen (secondary N) is 2. The van der Waals surface area contributed by atoms with Crippen molar-refractivity contribution in [1.82, 2.24) is 35.1 Å².